The van der Waals surface area contributed by atoms with Gasteiger partial charge in [0, 0.05) is 13.0 Å². The van der Waals surface area contributed by atoms with E-state index in [-0.39, 0.29) is 41.5 Å². The number of nitrogens with one attached hydrogen (secondary N) is 2. The minimum Gasteiger partial charge on any atom is -0.380 e. The van der Waals surface area contributed by atoms with Crippen LogP contribution in [-0.4, -0.2) is 47.8 Å². The van der Waals surface area contributed by atoms with Crippen molar-refractivity contribution in [1.82, 2.24) is 15.8 Å². The number of ether oxygens (including phenoxy) is 1. The highest BCUT2D eigenvalue weighted by molar-refractivity contribution is 6.20. The minimum atomic E-state index is -1.67. The third-order valence-corrected chi connectivity index (χ3v) is 5.99. The number of amides is 4. The molecule has 4 N–H and O–H groups in total. The van der Waals surface area contributed by atoms with Gasteiger partial charge in [0.05, 0.1) is 29.3 Å². The Morgan fingerprint density at radius 1 is 1.28 bits per heavy atom. The molecule has 11 heteroatoms. The molecule has 0 saturated carbocycles. The van der Waals surface area contributed by atoms with Gasteiger partial charge in [-0.25, -0.2) is 9.18 Å². The summed E-state index contributed by atoms with van der Waals surface area (Å²) >= 11 is 0. The first-order valence-electron chi connectivity index (χ1n) is 9.19. The lowest BCUT2D eigenvalue weighted by Crippen LogP contribution is -2.75. The van der Waals surface area contributed by atoms with Gasteiger partial charge in [0.15, 0.2) is 17.1 Å². The second kappa shape index (κ2) is 5.66. The van der Waals surface area contributed by atoms with Crippen LogP contribution in [0, 0.1) is 11.2 Å². The highest BCUT2D eigenvalue weighted by Crippen LogP contribution is 2.49. The Balaban J connectivity index is 1.79. The summed E-state index contributed by atoms with van der Waals surface area (Å²) in [6.07, 6.45) is -1.00. The predicted molar refractivity (Wildman–Crippen MR) is 97.3 cm³/mol. The number of barbiturate groups is 1. The van der Waals surface area contributed by atoms with Crippen LogP contribution in [0.15, 0.2) is 10.6 Å². The van der Waals surface area contributed by atoms with Crippen LogP contribution < -0.4 is 21.3 Å². The molecule has 3 atom stereocenters. The summed E-state index contributed by atoms with van der Waals surface area (Å²) in [5.74, 6) is -2.13. The average molecular weight is 403 g/mol. The number of nitrogens with two attached hydrogens (primary N) is 1. The number of hydrogen-bond acceptors (Lipinski definition) is 8. The molecule has 3 aliphatic heterocycles. The van der Waals surface area contributed by atoms with Gasteiger partial charge in [0.25, 0.3) is 0 Å². The van der Waals surface area contributed by atoms with Crippen molar-refractivity contribution >= 4 is 40.3 Å². The number of nitrogen functional groups attached to an aromatic ring is 1. The number of rotatable bonds is 0. The largest absolute Gasteiger partial charge is 0.380 e. The first-order chi connectivity index (χ1) is 13.7. The number of halogens is 1. The van der Waals surface area contributed by atoms with Gasteiger partial charge in [-0.2, -0.15) is 0 Å². The number of aromatic nitrogens is 1. The summed E-state index contributed by atoms with van der Waals surface area (Å²) in [6.45, 7) is 3.78. The third kappa shape index (κ3) is 2.18. The first-order valence-corrected chi connectivity index (χ1v) is 9.19. The van der Waals surface area contributed by atoms with Crippen molar-refractivity contribution in [3.63, 3.8) is 0 Å². The van der Waals surface area contributed by atoms with Gasteiger partial charge >= 0.3 is 6.03 Å². The van der Waals surface area contributed by atoms with E-state index < -0.39 is 41.2 Å². The summed E-state index contributed by atoms with van der Waals surface area (Å²) in [5.41, 5.74) is 4.66. The smallest absolute Gasteiger partial charge is 0.328 e. The molecule has 152 valence electrons. The molecule has 2 fully saturated rings. The number of anilines is 2. The number of benzene rings is 1. The van der Waals surface area contributed by atoms with Gasteiger partial charge in [-0.15, -0.1) is 0 Å². The van der Waals surface area contributed by atoms with Gasteiger partial charge < -0.3 is 19.9 Å². The Labute approximate surface area is 163 Å². The van der Waals surface area contributed by atoms with Gasteiger partial charge in [0.1, 0.15) is 0 Å². The van der Waals surface area contributed by atoms with Crippen LogP contribution in [0.1, 0.15) is 19.4 Å². The molecule has 29 heavy (non-hydrogen) atoms. The van der Waals surface area contributed by atoms with E-state index in [1.807, 2.05) is 6.92 Å². The van der Waals surface area contributed by atoms with Crippen LogP contribution in [0.2, 0.25) is 0 Å². The summed E-state index contributed by atoms with van der Waals surface area (Å²) in [5, 5.41) is 8.25. The molecule has 2 saturated heterocycles. The van der Waals surface area contributed by atoms with Gasteiger partial charge in [0.2, 0.25) is 17.4 Å². The molecule has 4 amide bonds. The van der Waals surface area contributed by atoms with Gasteiger partial charge in [-0.05, 0) is 25.5 Å². The number of morpholine rings is 1. The fraction of sp³-hybridized carbons (Fsp3) is 0.444. The van der Waals surface area contributed by atoms with E-state index in [2.05, 4.69) is 15.8 Å². The zero-order chi connectivity index (χ0) is 20.7. The second-order valence-electron chi connectivity index (χ2n) is 7.78. The summed E-state index contributed by atoms with van der Waals surface area (Å²) < 4.78 is 26.4. The van der Waals surface area contributed by atoms with E-state index in [0.29, 0.717) is 5.56 Å². The molecule has 1 aromatic heterocycles. The molecule has 1 spiro atoms. The molecule has 0 radical (unpaired) electrons. The molecular weight excluding hydrogens is 385 g/mol. The quantitative estimate of drug-likeness (QED) is 0.539. The molecule has 5 rings (SSSR count). The Morgan fingerprint density at radius 3 is 2.66 bits per heavy atom. The zero-order valence-electron chi connectivity index (χ0n) is 15.6. The average Bonchev–Trinajstić information content (AvgIpc) is 3.00. The van der Waals surface area contributed by atoms with E-state index in [0.717, 1.165) is 0 Å². The molecule has 3 aliphatic rings. The zero-order valence-corrected chi connectivity index (χ0v) is 15.6. The fourth-order valence-electron chi connectivity index (χ4n) is 4.97. The number of carbonyl (C=O) groups excluding carboxylic acids is 3. The Hall–Kier alpha value is -3.21. The topological polar surface area (TPSA) is 140 Å². The SMILES string of the molecule is C[C@H]1CN2c3c(cc4c(N)noc4c3F)CC3(C(=O)NC(=O)NC3=O)[C@@H]2[C@@H](C)O1. The number of carbonyl (C=O) groups is 3. The van der Waals surface area contributed by atoms with E-state index >= 15 is 4.39 Å². The predicted octanol–water partition coefficient (Wildman–Crippen LogP) is 0.440. The molecule has 1 aromatic carbocycles. The van der Waals surface area contributed by atoms with Crippen molar-refractivity contribution < 1.29 is 28.0 Å². The number of fused-ring (bicyclic) bond motifs is 5. The highest BCUT2D eigenvalue weighted by Gasteiger charge is 2.63. The molecule has 0 bridgehead atoms. The van der Waals surface area contributed by atoms with E-state index in [1.54, 1.807) is 17.9 Å². The van der Waals surface area contributed by atoms with Crippen molar-refractivity contribution in [1.29, 1.82) is 0 Å². The maximum atomic E-state index is 15.5. The van der Waals surface area contributed by atoms with Gasteiger partial charge in [-0.3, -0.25) is 20.2 Å². The molecule has 0 aliphatic carbocycles. The van der Waals surface area contributed by atoms with Crippen molar-refractivity contribution in [3.8, 4) is 0 Å². The molecule has 10 nitrogen and oxygen atoms in total. The van der Waals surface area contributed by atoms with Crippen molar-refractivity contribution in [2.45, 2.75) is 38.5 Å². The third-order valence-electron chi connectivity index (χ3n) is 5.99. The van der Waals surface area contributed by atoms with Crippen LogP contribution >= 0.6 is 0 Å². The lowest BCUT2D eigenvalue weighted by molar-refractivity contribution is -0.153. The van der Waals surface area contributed by atoms with E-state index in [1.165, 1.54) is 0 Å². The van der Waals surface area contributed by atoms with Crippen molar-refractivity contribution in [2.24, 2.45) is 5.41 Å². The van der Waals surface area contributed by atoms with Crippen LogP contribution in [0.3, 0.4) is 0 Å². The van der Waals surface area contributed by atoms with Crippen LogP contribution in [0.5, 0.6) is 0 Å². The lowest BCUT2D eigenvalue weighted by Gasteiger charge is -2.55. The molecular formula is C18H18FN5O5. The molecule has 0 unspecified atom stereocenters. The van der Waals surface area contributed by atoms with Crippen LogP contribution in [0.4, 0.5) is 20.7 Å². The summed E-state index contributed by atoms with van der Waals surface area (Å²) in [4.78, 5) is 39.4. The fourth-order valence-corrected chi connectivity index (χ4v) is 4.97. The Morgan fingerprint density at radius 2 is 1.97 bits per heavy atom. The Bertz CT molecular complexity index is 1080. The van der Waals surface area contributed by atoms with E-state index in [4.69, 9.17) is 15.0 Å². The number of hydrogen-bond donors (Lipinski definition) is 3. The molecule has 4 heterocycles. The van der Waals surface area contributed by atoms with Crippen LogP contribution in [-0.2, 0) is 20.7 Å². The number of urea groups is 1. The lowest BCUT2D eigenvalue weighted by atomic mass is 9.66. The Kier molecular flexibility index (Phi) is 3.49. The minimum absolute atomic E-state index is 0.00862. The monoisotopic (exact) mass is 403 g/mol. The van der Waals surface area contributed by atoms with E-state index in [9.17, 15) is 14.4 Å². The standard InChI is InChI=1S/C18H18FN5O5/c1-6-5-24-11-8(3-9-12(10(11)19)29-23-14(9)20)4-18(13(24)7(2)28-6)15(25)21-17(27)22-16(18)26/h3,6-7,13H,4-5H2,1-2H3,(H2,20,23)(H2,21,22,25,26,27)/t6-,7+,13-/m0/s1. The first kappa shape index (κ1) is 17.9. The maximum Gasteiger partial charge on any atom is 0.328 e. The normalized spacial score (nSPS) is 28.2. The molecule has 2 aromatic rings. The van der Waals surface area contributed by atoms with Crippen molar-refractivity contribution in [3.05, 3.63) is 17.4 Å². The van der Waals surface area contributed by atoms with Crippen LogP contribution in [0.25, 0.3) is 11.0 Å². The highest BCUT2D eigenvalue weighted by atomic mass is 19.1. The van der Waals surface area contributed by atoms with Crippen molar-refractivity contribution in [2.75, 3.05) is 17.2 Å². The summed E-state index contributed by atoms with van der Waals surface area (Å²) in [7, 11) is 0. The maximum absolute atomic E-state index is 15.5. The number of nitrogens with zero attached hydrogens (tertiary/aromatic N) is 2. The summed E-state index contributed by atoms with van der Waals surface area (Å²) in [6, 6.07) is -0.128. The van der Waals surface area contributed by atoms with Gasteiger partial charge in [-0.1, -0.05) is 5.16 Å². The number of imide groups is 2. The second-order valence-corrected chi connectivity index (χ2v) is 7.78.